The summed E-state index contributed by atoms with van der Waals surface area (Å²) in [6, 6.07) is 10.5. The topological polar surface area (TPSA) is 52.6 Å². The Morgan fingerprint density at radius 2 is 1.46 bits per heavy atom. The van der Waals surface area contributed by atoms with E-state index in [1.165, 1.54) is 29.2 Å². The van der Waals surface area contributed by atoms with Crippen LogP contribution in [0.5, 0.6) is 0 Å². The lowest BCUT2D eigenvalue weighted by Gasteiger charge is -2.25. The van der Waals surface area contributed by atoms with Crippen LogP contribution in [0.2, 0.25) is 0 Å². The largest absolute Gasteiger partial charge is 0.392 e. The van der Waals surface area contributed by atoms with Crippen molar-refractivity contribution in [3.05, 3.63) is 71.3 Å². The Balaban J connectivity index is 2.27. The molecule has 0 saturated heterocycles. The summed E-state index contributed by atoms with van der Waals surface area (Å²) in [5.74, 6) is -0.761. The van der Waals surface area contributed by atoms with Crippen molar-refractivity contribution in [1.29, 1.82) is 0 Å². The summed E-state index contributed by atoms with van der Waals surface area (Å²) in [5.41, 5.74) is 1.34. The molecule has 24 heavy (non-hydrogen) atoms. The van der Waals surface area contributed by atoms with Crippen LogP contribution in [0.25, 0.3) is 0 Å². The maximum absolute atomic E-state index is 13.2. The number of amides is 2. The molecule has 1 atom stereocenters. The average molecular weight is 334 g/mol. The molecule has 0 aromatic heterocycles. The molecule has 1 unspecified atom stereocenters. The molecule has 0 radical (unpaired) electrons. The number of halogens is 2. The molecule has 0 heterocycles. The number of benzene rings is 2. The van der Waals surface area contributed by atoms with Gasteiger partial charge in [-0.15, -0.1) is 0 Å². The molecule has 0 aliphatic carbocycles. The van der Waals surface area contributed by atoms with E-state index in [1.807, 2.05) is 0 Å². The molecular weight excluding hydrogens is 314 g/mol. The van der Waals surface area contributed by atoms with Crippen LogP contribution in [0, 0.1) is 11.6 Å². The van der Waals surface area contributed by atoms with Gasteiger partial charge in [-0.05, 0) is 42.3 Å². The molecule has 128 valence electrons. The third-order valence-electron chi connectivity index (χ3n) is 3.56. The first-order valence-electron chi connectivity index (χ1n) is 7.57. The second-order valence-electron chi connectivity index (χ2n) is 5.72. The Hall–Kier alpha value is -2.47. The highest BCUT2D eigenvalue weighted by Gasteiger charge is 2.20. The van der Waals surface area contributed by atoms with Gasteiger partial charge in [0, 0.05) is 13.6 Å². The number of carbonyl (C=O) groups is 1. The second-order valence-corrected chi connectivity index (χ2v) is 5.72. The van der Waals surface area contributed by atoms with Crippen molar-refractivity contribution in [2.24, 2.45) is 0 Å². The first kappa shape index (κ1) is 17.9. The van der Waals surface area contributed by atoms with Crippen LogP contribution in [-0.2, 0) is 0 Å². The van der Waals surface area contributed by atoms with Crippen LogP contribution in [0.3, 0.4) is 0 Å². The van der Waals surface area contributed by atoms with Crippen LogP contribution in [0.15, 0.2) is 48.5 Å². The standard InChI is InChI=1S/C18H20F2N2O2/c1-12(23)11-22(2)18(24)21-17(13-3-7-15(19)8-4-13)14-5-9-16(20)10-6-14/h3-10,12,17,23H,11H2,1-2H3,(H,21,24). The highest BCUT2D eigenvalue weighted by Crippen LogP contribution is 2.23. The maximum Gasteiger partial charge on any atom is 0.317 e. The van der Waals surface area contributed by atoms with E-state index in [1.54, 1.807) is 38.2 Å². The Morgan fingerprint density at radius 1 is 1.04 bits per heavy atom. The number of aliphatic hydroxyl groups excluding tert-OH is 1. The number of urea groups is 1. The molecule has 4 nitrogen and oxygen atoms in total. The summed E-state index contributed by atoms with van der Waals surface area (Å²) in [6.07, 6.45) is -0.657. The minimum Gasteiger partial charge on any atom is -0.392 e. The third kappa shape index (κ3) is 4.76. The summed E-state index contributed by atoms with van der Waals surface area (Å²) in [5, 5.41) is 12.2. The van der Waals surface area contributed by atoms with Gasteiger partial charge in [0.1, 0.15) is 11.6 Å². The minimum absolute atomic E-state index is 0.172. The first-order chi connectivity index (χ1) is 11.4. The normalized spacial score (nSPS) is 12.1. The molecule has 2 amide bonds. The van der Waals surface area contributed by atoms with Gasteiger partial charge in [-0.1, -0.05) is 24.3 Å². The lowest BCUT2D eigenvalue weighted by Crippen LogP contribution is -2.42. The quantitative estimate of drug-likeness (QED) is 0.883. The van der Waals surface area contributed by atoms with Gasteiger partial charge in [-0.3, -0.25) is 0 Å². The first-order valence-corrected chi connectivity index (χ1v) is 7.57. The van der Waals surface area contributed by atoms with Gasteiger partial charge in [0.25, 0.3) is 0 Å². The highest BCUT2D eigenvalue weighted by molar-refractivity contribution is 5.75. The van der Waals surface area contributed by atoms with Crippen molar-refractivity contribution in [2.45, 2.75) is 19.1 Å². The lowest BCUT2D eigenvalue weighted by atomic mass is 9.98. The molecule has 2 rings (SSSR count). The van der Waals surface area contributed by atoms with Crippen molar-refractivity contribution in [2.75, 3.05) is 13.6 Å². The Morgan fingerprint density at radius 3 is 1.83 bits per heavy atom. The number of carbonyl (C=O) groups excluding carboxylic acids is 1. The minimum atomic E-state index is -0.657. The van der Waals surface area contributed by atoms with Crippen molar-refractivity contribution in [3.8, 4) is 0 Å². The molecule has 0 spiro atoms. The maximum atomic E-state index is 13.2. The molecule has 6 heteroatoms. The SMILES string of the molecule is CC(O)CN(C)C(=O)NC(c1ccc(F)cc1)c1ccc(F)cc1. The van der Waals surface area contributed by atoms with Gasteiger partial charge >= 0.3 is 6.03 Å². The summed E-state index contributed by atoms with van der Waals surface area (Å²) < 4.78 is 26.3. The van der Waals surface area contributed by atoms with Gasteiger partial charge < -0.3 is 15.3 Å². The van der Waals surface area contributed by atoms with E-state index >= 15 is 0 Å². The zero-order valence-electron chi connectivity index (χ0n) is 13.5. The molecule has 2 aromatic carbocycles. The fraction of sp³-hybridized carbons (Fsp3) is 0.278. The van der Waals surface area contributed by atoms with E-state index in [0.29, 0.717) is 11.1 Å². The lowest BCUT2D eigenvalue weighted by molar-refractivity contribution is 0.143. The summed E-state index contributed by atoms with van der Waals surface area (Å²) in [6.45, 7) is 1.76. The molecule has 0 aliphatic rings. The van der Waals surface area contributed by atoms with Crippen LogP contribution >= 0.6 is 0 Å². The fourth-order valence-corrected chi connectivity index (χ4v) is 2.38. The number of rotatable bonds is 5. The van der Waals surface area contributed by atoms with Crippen molar-refractivity contribution in [1.82, 2.24) is 10.2 Å². The predicted molar refractivity (Wildman–Crippen MR) is 87.5 cm³/mol. The van der Waals surface area contributed by atoms with Crippen molar-refractivity contribution < 1.29 is 18.7 Å². The van der Waals surface area contributed by atoms with E-state index in [2.05, 4.69) is 5.32 Å². The van der Waals surface area contributed by atoms with Crippen molar-refractivity contribution >= 4 is 6.03 Å². The Kier molecular flexibility index (Phi) is 5.87. The van der Waals surface area contributed by atoms with Crippen LogP contribution in [0.4, 0.5) is 13.6 Å². The Labute approximate surface area is 139 Å². The zero-order valence-corrected chi connectivity index (χ0v) is 13.5. The van der Waals surface area contributed by atoms with Crippen LogP contribution < -0.4 is 5.32 Å². The smallest absolute Gasteiger partial charge is 0.317 e. The van der Waals surface area contributed by atoms with Crippen LogP contribution in [-0.4, -0.2) is 35.7 Å². The summed E-state index contributed by atoms with van der Waals surface area (Å²) in [7, 11) is 1.56. The van der Waals surface area contributed by atoms with Gasteiger partial charge in [0.2, 0.25) is 0 Å². The van der Waals surface area contributed by atoms with Crippen molar-refractivity contribution in [3.63, 3.8) is 0 Å². The van der Waals surface area contributed by atoms with Gasteiger partial charge in [0.05, 0.1) is 12.1 Å². The third-order valence-corrected chi connectivity index (χ3v) is 3.56. The number of aliphatic hydroxyl groups is 1. The van der Waals surface area contributed by atoms with E-state index in [-0.39, 0.29) is 18.2 Å². The zero-order chi connectivity index (χ0) is 17.7. The fourth-order valence-electron chi connectivity index (χ4n) is 2.38. The monoisotopic (exact) mass is 334 g/mol. The number of nitrogens with zero attached hydrogens (tertiary/aromatic N) is 1. The second kappa shape index (κ2) is 7.88. The molecule has 0 fully saturated rings. The van der Waals surface area contributed by atoms with Gasteiger partial charge in [0.15, 0.2) is 0 Å². The summed E-state index contributed by atoms with van der Waals surface area (Å²) >= 11 is 0. The number of hydrogen-bond acceptors (Lipinski definition) is 2. The molecule has 2 aromatic rings. The summed E-state index contributed by atoms with van der Waals surface area (Å²) in [4.78, 5) is 13.7. The molecule has 0 aliphatic heterocycles. The van der Waals surface area contributed by atoms with E-state index in [9.17, 15) is 18.7 Å². The van der Waals surface area contributed by atoms with E-state index in [4.69, 9.17) is 0 Å². The predicted octanol–water partition coefficient (Wildman–Crippen LogP) is 3.08. The van der Waals surface area contributed by atoms with Crippen LogP contribution in [0.1, 0.15) is 24.1 Å². The molecular formula is C18H20F2N2O2. The number of nitrogens with one attached hydrogen (secondary N) is 1. The highest BCUT2D eigenvalue weighted by atomic mass is 19.1. The average Bonchev–Trinajstić information content (AvgIpc) is 2.53. The number of likely N-dealkylation sites (N-methyl/N-ethyl adjacent to an activating group) is 1. The molecule has 0 saturated carbocycles. The molecule has 0 bridgehead atoms. The van der Waals surface area contributed by atoms with E-state index in [0.717, 1.165) is 0 Å². The Bertz CT molecular complexity index is 627. The van der Waals surface area contributed by atoms with Gasteiger partial charge in [-0.25, -0.2) is 13.6 Å². The van der Waals surface area contributed by atoms with Gasteiger partial charge in [-0.2, -0.15) is 0 Å². The van der Waals surface area contributed by atoms with E-state index < -0.39 is 18.2 Å². The molecule has 2 N–H and O–H groups in total. The number of hydrogen-bond donors (Lipinski definition) is 2.